The highest BCUT2D eigenvalue weighted by Crippen LogP contribution is 2.13. The molecule has 19 heavy (non-hydrogen) atoms. The van der Waals surface area contributed by atoms with E-state index in [1.807, 2.05) is 43.3 Å². The van der Waals surface area contributed by atoms with Crippen LogP contribution < -0.4 is 5.73 Å². The quantitative estimate of drug-likeness (QED) is 0.499. The Balaban J connectivity index is 4.82. The molecule has 0 unspecified atom stereocenters. The first-order chi connectivity index (χ1) is 9.06. The van der Waals surface area contributed by atoms with Gasteiger partial charge in [0.2, 0.25) is 0 Å². The van der Waals surface area contributed by atoms with Crippen LogP contribution in [-0.4, -0.2) is 4.90 Å². The van der Waals surface area contributed by atoms with E-state index in [0.717, 1.165) is 12.1 Å². The van der Waals surface area contributed by atoms with Gasteiger partial charge in [0.25, 0.3) is 0 Å². The molecule has 0 rings (SSSR count). The van der Waals surface area contributed by atoms with Crippen molar-refractivity contribution in [2.24, 2.45) is 5.73 Å². The van der Waals surface area contributed by atoms with Gasteiger partial charge in [-0.15, -0.1) is 0 Å². The molecule has 0 aliphatic carbocycles. The maximum absolute atomic E-state index is 5.90. The third-order valence-electron chi connectivity index (χ3n) is 2.71. The van der Waals surface area contributed by atoms with Crippen LogP contribution in [0.4, 0.5) is 0 Å². The number of hydrogen-bond acceptors (Lipinski definition) is 2. The lowest BCUT2D eigenvalue weighted by Crippen LogP contribution is -2.15. The van der Waals surface area contributed by atoms with Gasteiger partial charge in [-0.05, 0) is 32.8 Å². The number of rotatable bonds is 8. The van der Waals surface area contributed by atoms with Gasteiger partial charge in [-0.1, -0.05) is 50.6 Å². The minimum Gasteiger partial charge on any atom is -0.397 e. The molecule has 0 saturated heterocycles. The van der Waals surface area contributed by atoms with Gasteiger partial charge >= 0.3 is 0 Å². The Morgan fingerprint density at radius 1 is 1.32 bits per heavy atom. The van der Waals surface area contributed by atoms with Crippen molar-refractivity contribution >= 4 is 0 Å². The second-order valence-electron chi connectivity index (χ2n) is 4.50. The molecule has 2 nitrogen and oxygen atoms in total. The van der Waals surface area contributed by atoms with Crippen molar-refractivity contribution in [3.63, 3.8) is 0 Å². The molecule has 0 fully saturated rings. The maximum Gasteiger partial charge on any atom is 0.0604 e. The molecule has 0 heterocycles. The predicted octanol–water partition coefficient (Wildman–Crippen LogP) is 4.85. The molecule has 106 valence electrons. The van der Waals surface area contributed by atoms with E-state index in [9.17, 15) is 0 Å². The van der Waals surface area contributed by atoms with Gasteiger partial charge in [0.1, 0.15) is 0 Å². The van der Waals surface area contributed by atoms with Crippen LogP contribution in [0.1, 0.15) is 47.0 Å². The molecular weight excluding hydrogens is 232 g/mol. The van der Waals surface area contributed by atoms with Gasteiger partial charge < -0.3 is 10.6 Å². The lowest BCUT2D eigenvalue weighted by Gasteiger charge is -2.19. The number of allylic oxidation sites excluding steroid dienone is 5. The summed E-state index contributed by atoms with van der Waals surface area (Å²) in [7, 11) is 0. The predicted molar refractivity (Wildman–Crippen MR) is 86.2 cm³/mol. The van der Waals surface area contributed by atoms with E-state index >= 15 is 0 Å². The lowest BCUT2D eigenvalue weighted by atomic mass is 10.2. The highest BCUT2D eigenvalue weighted by Gasteiger charge is 2.03. The van der Waals surface area contributed by atoms with E-state index in [4.69, 9.17) is 5.73 Å². The lowest BCUT2D eigenvalue weighted by molar-refractivity contribution is 0.634. The van der Waals surface area contributed by atoms with Gasteiger partial charge in [-0.25, -0.2) is 0 Å². The zero-order chi connectivity index (χ0) is 14.7. The average molecular weight is 260 g/mol. The number of nitrogens with zero attached hydrogens (tertiary/aromatic N) is 1. The Bertz CT molecular complexity index is 384. The van der Waals surface area contributed by atoms with Crippen molar-refractivity contribution in [2.45, 2.75) is 47.0 Å². The summed E-state index contributed by atoms with van der Waals surface area (Å²) < 4.78 is 0. The van der Waals surface area contributed by atoms with Crippen molar-refractivity contribution in [1.82, 2.24) is 4.90 Å². The highest BCUT2D eigenvalue weighted by atomic mass is 15.1. The van der Waals surface area contributed by atoms with E-state index in [1.54, 1.807) is 0 Å². The first-order valence-corrected chi connectivity index (χ1v) is 6.93. The zero-order valence-electron chi connectivity index (χ0n) is 12.8. The standard InChI is InChI=1S/C17H28N2/c1-6-9-10-11-12-15(4)14-19(13-7-2)16(5)17(18)8-3/h7-8,11-14H,5-6,9-10,18H2,1-4H3/b12-11+,13-7-,15-14+,17-8-. The number of unbranched alkanes of at least 4 members (excludes halogenated alkanes) is 2. The van der Waals surface area contributed by atoms with E-state index in [1.165, 1.54) is 18.4 Å². The van der Waals surface area contributed by atoms with Gasteiger partial charge in [-0.2, -0.15) is 0 Å². The zero-order valence-corrected chi connectivity index (χ0v) is 12.8. The third-order valence-corrected chi connectivity index (χ3v) is 2.71. The second kappa shape index (κ2) is 10.2. The molecular formula is C17H28N2. The number of nitrogens with two attached hydrogens (primary N) is 1. The van der Waals surface area contributed by atoms with E-state index in [-0.39, 0.29) is 0 Å². The minimum atomic E-state index is 0.692. The van der Waals surface area contributed by atoms with E-state index in [2.05, 4.69) is 32.6 Å². The molecule has 0 saturated carbocycles. The molecule has 0 atom stereocenters. The van der Waals surface area contributed by atoms with Crippen molar-refractivity contribution in [3.05, 3.63) is 60.3 Å². The van der Waals surface area contributed by atoms with Crippen LogP contribution in [0.15, 0.2) is 60.3 Å². The molecule has 0 amide bonds. The Morgan fingerprint density at radius 3 is 2.53 bits per heavy atom. The monoisotopic (exact) mass is 260 g/mol. The van der Waals surface area contributed by atoms with Crippen LogP contribution in [0.2, 0.25) is 0 Å². The van der Waals surface area contributed by atoms with Gasteiger partial charge in [0, 0.05) is 12.4 Å². The topological polar surface area (TPSA) is 29.3 Å². The van der Waals surface area contributed by atoms with Crippen molar-refractivity contribution in [2.75, 3.05) is 0 Å². The van der Waals surface area contributed by atoms with E-state index in [0.29, 0.717) is 5.70 Å². The van der Waals surface area contributed by atoms with E-state index < -0.39 is 0 Å². The molecule has 0 radical (unpaired) electrons. The first kappa shape index (κ1) is 17.3. The second-order valence-corrected chi connectivity index (χ2v) is 4.50. The van der Waals surface area contributed by atoms with Crippen LogP contribution in [0.5, 0.6) is 0 Å². The molecule has 0 aromatic rings. The van der Waals surface area contributed by atoms with Crippen LogP contribution in [0.25, 0.3) is 0 Å². The number of hydrogen-bond donors (Lipinski definition) is 1. The summed E-state index contributed by atoms with van der Waals surface area (Å²) in [5, 5.41) is 0. The van der Waals surface area contributed by atoms with Crippen molar-refractivity contribution < 1.29 is 0 Å². The molecule has 2 heteroatoms. The Labute approximate surface area is 118 Å². The largest absolute Gasteiger partial charge is 0.397 e. The van der Waals surface area contributed by atoms with Crippen LogP contribution >= 0.6 is 0 Å². The fourth-order valence-corrected chi connectivity index (χ4v) is 1.54. The van der Waals surface area contributed by atoms with Crippen LogP contribution in [-0.2, 0) is 0 Å². The molecule has 0 aromatic heterocycles. The molecule has 2 N–H and O–H groups in total. The molecule has 0 spiro atoms. The van der Waals surface area contributed by atoms with Gasteiger partial charge in [0.15, 0.2) is 0 Å². The first-order valence-electron chi connectivity index (χ1n) is 6.93. The SMILES string of the molecule is C=C(/C(N)=C/C)N(/C=C\C)/C=C(C)/C=C/CCCC. The summed E-state index contributed by atoms with van der Waals surface area (Å²) in [5.74, 6) is 0. The fourth-order valence-electron chi connectivity index (χ4n) is 1.54. The highest BCUT2D eigenvalue weighted by molar-refractivity contribution is 5.29. The summed E-state index contributed by atoms with van der Waals surface area (Å²) in [6.45, 7) is 12.2. The molecule has 0 aliphatic rings. The Morgan fingerprint density at radius 2 is 2.00 bits per heavy atom. The van der Waals surface area contributed by atoms with Crippen molar-refractivity contribution in [3.8, 4) is 0 Å². The normalized spacial score (nSPS) is 13.5. The van der Waals surface area contributed by atoms with Crippen LogP contribution in [0, 0.1) is 0 Å². The van der Waals surface area contributed by atoms with Gasteiger partial charge in [0.05, 0.1) is 11.4 Å². The average Bonchev–Trinajstić information content (AvgIpc) is 2.41. The smallest absolute Gasteiger partial charge is 0.0604 e. The third kappa shape index (κ3) is 7.35. The summed E-state index contributed by atoms with van der Waals surface area (Å²) >= 11 is 0. The molecule has 0 aliphatic heterocycles. The summed E-state index contributed by atoms with van der Waals surface area (Å²) in [5.41, 5.74) is 8.57. The Kier molecular flexibility index (Phi) is 9.33. The van der Waals surface area contributed by atoms with Crippen molar-refractivity contribution in [1.29, 1.82) is 0 Å². The molecule has 0 aromatic carbocycles. The minimum absolute atomic E-state index is 0.692. The summed E-state index contributed by atoms with van der Waals surface area (Å²) in [6.07, 6.45) is 15.8. The fraction of sp³-hybridized carbons (Fsp3) is 0.412. The maximum atomic E-state index is 5.90. The Hall–Kier alpha value is -1.70. The van der Waals surface area contributed by atoms with Gasteiger partial charge in [-0.3, -0.25) is 0 Å². The van der Waals surface area contributed by atoms with Crippen LogP contribution in [0.3, 0.4) is 0 Å². The summed E-state index contributed by atoms with van der Waals surface area (Å²) in [4.78, 5) is 1.95. The summed E-state index contributed by atoms with van der Waals surface area (Å²) in [6, 6.07) is 0. The molecule has 0 bridgehead atoms.